The number of nitrogens with two attached hydrogens (primary N) is 2. The fourth-order valence-corrected chi connectivity index (χ4v) is 2.68. The monoisotopic (exact) mass is 341 g/mol. The Bertz CT molecular complexity index is 726. The van der Waals surface area contributed by atoms with Crippen LogP contribution in [0.15, 0.2) is 48.5 Å². The number of amides is 2. The van der Waals surface area contributed by atoms with Crippen LogP contribution >= 0.6 is 0 Å². The number of likely N-dealkylation sites (tertiary alicyclic amines) is 1. The first-order valence-electron chi connectivity index (χ1n) is 8.21. The van der Waals surface area contributed by atoms with Gasteiger partial charge in [-0.3, -0.25) is 0 Å². The third-order valence-electron chi connectivity index (χ3n) is 4.06. The van der Waals surface area contributed by atoms with E-state index in [2.05, 4.69) is 0 Å². The van der Waals surface area contributed by atoms with Crippen LogP contribution in [-0.2, 0) is 0 Å². The highest BCUT2D eigenvalue weighted by Gasteiger charge is 2.12. The maximum Gasteiger partial charge on any atom is 0.337 e. The van der Waals surface area contributed by atoms with Gasteiger partial charge in [0.25, 0.3) is 0 Å². The van der Waals surface area contributed by atoms with E-state index in [1.54, 1.807) is 17.0 Å². The normalized spacial score (nSPS) is 13.5. The van der Waals surface area contributed by atoms with E-state index >= 15 is 0 Å². The molecular weight excluding hydrogens is 318 g/mol. The number of rotatable bonds is 2. The quantitative estimate of drug-likeness (QED) is 0.729. The fraction of sp³-hybridized carbons (Fsp3) is 0.263. The maximum absolute atomic E-state index is 10.8. The lowest BCUT2D eigenvalue weighted by Gasteiger charge is -2.24. The summed E-state index contributed by atoms with van der Waals surface area (Å²) < 4.78 is 0. The van der Waals surface area contributed by atoms with Crippen molar-refractivity contribution in [3.05, 3.63) is 54.1 Å². The average molecular weight is 341 g/mol. The van der Waals surface area contributed by atoms with Crippen LogP contribution < -0.4 is 11.5 Å². The molecule has 3 rings (SSSR count). The molecule has 0 saturated carbocycles. The van der Waals surface area contributed by atoms with E-state index in [1.165, 1.54) is 12.5 Å². The number of aromatic carboxylic acids is 1. The number of benzene rings is 2. The van der Waals surface area contributed by atoms with Crippen LogP contribution in [0, 0.1) is 0 Å². The van der Waals surface area contributed by atoms with Gasteiger partial charge in [-0.15, -0.1) is 0 Å². The number of nitrogen functional groups attached to an aromatic ring is 1. The van der Waals surface area contributed by atoms with Crippen LogP contribution in [0.5, 0.6) is 0 Å². The molecule has 1 fully saturated rings. The lowest BCUT2D eigenvalue weighted by Crippen LogP contribution is -2.39. The number of carboxylic acid groups (broad SMARTS) is 1. The van der Waals surface area contributed by atoms with E-state index in [0.717, 1.165) is 37.1 Å². The van der Waals surface area contributed by atoms with Crippen LogP contribution in [-0.4, -0.2) is 35.1 Å². The minimum absolute atomic E-state index is 0.139. The third kappa shape index (κ3) is 5.24. The number of carbonyl (C=O) groups excluding carboxylic acids is 1. The highest BCUT2D eigenvalue weighted by Crippen LogP contribution is 2.23. The molecule has 0 aliphatic carbocycles. The van der Waals surface area contributed by atoms with E-state index in [4.69, 9.17) is 16.6 Å². The van der Waals surface area contributed by atoms with Crippen molar-refractivity contribution in [2.75, 3.05) is 18.8 Å². The second-order valence-electron chi connectivity index (χ2n) is 5.86. The zero-order valence-corrected chi connectivity index (χ0v) is 14.0. The van der Waals surface area contributed by atoms with Gasteiger partial charge in [0.2, 0.25) is 0 Å². The van der Waals surface area contributed by atoms with Gasteiger partial charge in [-0.1, -0.05) is 36.4 Å². The Morgan fingerprint density at radius 3 is 2.04 bits per heavy atom. The van der Waals surface area contributed by atoms with Gasteiger partial charge in [0.15, 0.2) is 0 Å². The first-order valence-corrected chi connectivity index (χ1v) is 8.21. The molecule has 1 aliphatic heterocycles. The average Bonchev–Trinajstić information content (AvgIpc) is 2.63. The maximum atomic E-state index is 10.8. The Morgan fingerprint density at radius 1 is 0.920 bits per heavy atom. The Hall–Kier alpha value is -3.02. The summed E-state index contributed by atoms with van der Waals surface area (Å²) >= 11 is 0. The van der Waals surface area contributed by atoms with Crippen molar-refractivity contribution >= 4 is 17.7 Å². The predicted molar refractivity (Wildman–Crippen MR) is 98.3 cm³/mol. The molecule has 5 N–H and O–H groups in total. The number of anilines is 1. The summed E-state index contributed by atoms with van der Waals surface area (Å²) in [6, 6.07) is 14.4. The molecule has 1 aliphatic rings. The zero-order chi connectivity index (χ0) is 18.2. The molecule has 6 heteroatoms. The highest BCUT2D eigenvalue weighted by atomic mass is 16.4. The Balaban J connectivity index is 0.000000212. The summed E-state index contributed by atoms with van der Waals surface area (Å²) in [6.07, 6.45) is 3.47. The third-order valence-corrected chi connectivity index (χ3v) is 4.06. The molecular formula is C19H23N3O3. The van der Waals surface area contributed by atoms with Gasteiger partial charge in [-0.25, -0.2) is 9.59 Å². The Kier molecular flexibility index (Phi) is 6.39. The van der Waals surface area contributed by atoms with Crippen LogP contribution in [0.3, 0.4) is 0 Å². The van der Waals surface area contributed by atoms with Gasteiger partial charge in [0.05, 0.1) is 5.56 Å². The standard InChI is InChI=1S/C13H11NO2.C6H12N2O/c14-12-8-10(6-7-11(12)13(15)16)9-4-2-1-3-5-9;7-6(9)8-4-2-1-3-5-8/h1-8H,14H2,(H,15,16);1-5H2,(H2,7,9). The number of nitrogens with zero attached hydrogens (tertiary/aromatic N) is 1. The molecule has 132 valence electrons. The first-order chi connectivity index (χ1) is 12.0. The number of urea groups is 1. The molecule has 25 heavy (non-hydrogen) atoms. The van der Waals surface area contributed by atoms with Crippen LogP contribution in [0.25, 0.3) is 11.1 Å². The summed E-state index contributed by atoms with van der Waals surface area (Å²) in [7, 11) is 0. The minimum atomic E-state index is -1.00. The Morgan fingerprint density at radius 2 is 1.56 bits per heavy atom. The number of hydrogen-bond donors (Lipinski definition) is 3. The number of primary amides is 1. The van der Waals surface area contributed by atoms with Crippen molar-refractivity contribution in [2.45, 2.75) is 19.3 Å². The summed E-state index contributed by atoms with van der Waals surface area (Å²) in [5.41, 5.74) is 13.1. The van der Waals surface area contributed by atoms with Gasteiger partial charge < -0.3 is 21.5 Å². The Labute approximate surface area is 147 Å². The number of piperidine rings is 1. The van der Waals surface area contributed by atoms with E-state index < -0.39 is 5.97 Å². The lowest BCUT2D eigenvalue weighted by molar-refractivity contribution is 0.0698. The van der Waals surface area contributed by atoms with Gasteiger partial charge in [0, 0.05) is 18.8 Å². The number of carbonyl (C=O) groups is 2. The molecule has 6 nitrogen and oxygen atoms in total. The van der Waals surface area contributed by atoms with Gasteiger partial charge in [-0.05, 0) is 42.5 Å². The SMILES string of the molecule is NC(=O)N1CCCCC1.Nc1cc(-c2ccccc2)ccc1C(=O)O. The number of hydrogen-bond acceptors (Lipinski definition) is 3. The summed E-state index contributed by atoms with van der Waals surface area (Å²) in [6.45, 7) is 1.71. The molecule has 2 aromatic carbocycles. The summed E-state index contributed by atoms with van der Waals surface area (Å²) in [5, 5.41) is 8.85. The molecule has 0 radical (unpaired) electrons. The molecule has 0 spiro atoms. The van der Waals surface area contributed by atoms with Crippen molar-refractivity contribution in [3.8, 4) is 11.1 Å². The van der Waals surface area contributed by atoms with Gasteiger partial charge in [-0.2, -0.15) is 0 Å². The van der Waals surface area contributed by atoms with E-state index in [1.807, 2.05) is 30.3 Å². The van der Waals surface area contributed by atoms with E-state index in [9.17, 15) is 9.59 Å². The minimum Gasteiger partial charge on any atom is -0.478 e. The molecule has 0 atom stereocenters. The second-order valence-corrected chi connectivity index (χ2v) is 5.86. The predicted octanol–water partition coefficient (Wildman–Crippen LogP) is 3.19. The highest BCUT2D eigenvalue weighted by molar-refractivity contribution is 5.94. The smallest absolute Gasteiger partial charge is 0.337 e. The van der Waals surface area contributed by atoms with Crippen molar-refractivity contribution in [2.24, 2.45) is 5.73 Å². The summed E-state index contributed by atoms with van der Waals surface area (Å²) in [5.74, 6) is -1.00. The van der Waals surface area contributed by atoms with E-state index in [-0.39, 0.29) is 17.3 Å². The molecule has 1 saturated heterocycles. The molecule has 2 amide bonds. The lowest BCUT2D eigenvalue weighted by atomic mass is 10.0. The first kappa shape index (κ1) is 18.3. The van der Waals surface area contributed by atoms with Crippen LogP contribution in [0.1, 0.15) is 29.6 Å². The second kappa shape index (κ2) is 8.73. The number of carboxylic acids is 1. The largest absolute Gasteiger partial charge is 0.478 e. The van der Waals surface area contributed by atoms with Crippen molar-refractivity contribution in [1.29, 1.82) is 0 Å². The van der Waals surface area contributed by atoms with Gasteiger partial charge in [0.1, 0.15) is 0 Å². The van der Waals surface area contributed by atoms with Crippen LogP contribution in [0.4, 0.5) is 10.5 Å². The zero-order valence-electron chi connectivity index (χ0n) is 14.0. The molecule has 0 aromatic heterocycles. The molecule has 1 heterocycles. The van der Waals surface area contributed by atoms with Crippen molar-refractivity contribution in [3.63, 3.8) is 0 Å². The van der Waals surface area contributed by atoms with E-state index in [0.29, 0.717) is 0 Å². The molecule has 0 unspecified atom stereocenters. The van der Waals surface area contributed by atoms with Crippen molar-refractivity contribution in [1.82, 2.24) is 4.90 Å². The molecule has 2 aromatic rings. The topological polar surface area (TPSA) is 110 Å². The molecule has 0 bridgehead atoms. The fourth-order valence-electron chi connectivity index (χ4n) is 2.68. The summed E-state index contributed by atoms with van der Waals surface area (Å²) in [4.78, 5) is 23.0. The van der Waals surface area contributed by atoms with Crippen LogP contribution in [0.2, 0.25) is 0 Å². The van der Waals surface area contributed by atoms with Gasteiger partial charge >= 0.3 is 12.0 Å². The van der Waals surface area contributed by atoms with Crippen molar-refractivity contribution < 1.29 is 14.7 Å².